The van der Waals surface area contributed by atoms with Gasteiger partial charge in [-0.1, -0.05) is 17.7 Å². The Morgan fingerprint density at radius 3 is 2.88 bits per heavy atom. The fraction of sp³-hybridized carbons (Fsp3) is 0.211. The van der Waals surface area contributed by atoms with Crippen LogP contribution in [-0.2, 0) is 13.0 Å². The summed E-state index contributed by atoms with van der Waals surface area (Å²) in [5, 5.41) is 5.44. The van der Waals surface area contributed by atoms with E-state index in [4.69, 9.17) is 20.8 Å². The van der Waals surface area contributed by atoms with Crippen LogP contribution in [-0.4, -0.2) is 24.6 Å². The van der Waals surface area contributed by atoms with Crippen LogP contribution < -0.4 is 10.1 Å². The second-order valence-corrected chi connectivity index (χ2v) is 7.07. The van der Waals surface area contributed by atoms with Crippen LogP contribution in [0.2, 0.25) is 5.02 Å². The zero-order valence-electron chi connectivity index (χ0n) is 14.3. The first-order chi connectivity index (χ1) is 12.7. The molecule has 0 aliphatic rings. The predicted octanol–water partition coefficient (Wildman–Crippen LogP) is 5.28. The second-order valence-electron chi connectivity index (χ2n) is 5.61. The smallest absolute Gasteiger partial charge is 0.322 e. The van der Waals surface area contributed by atoms with E-state index in [2.05, 4.69) is 11.4 Å². The molecule has 5 nitrogen and oxygen atoms in total. The molecular formula is C19H19ClN2O3S. The van der Waals surface area contributed by atoms with E-state index >= 15 is 0 Å². The number of nitrogens with zero attached hydrogens (tertiary/aromatic N) is 1. The normalized spacial score (nSPS) is 10.5. The Hall–Kier alpha value is -2.44. The van der Waals surface area contributed by atoms with Gasteiger partial charge in [-0.15, -0.1) is 11.3 Å². The minimum Gasteiger partial charge on any atom is -0.495 e. The van der Waals surface area contributed by atoms with Gasteiger partial charge < -0.3 is 19.4 Å². The highest BCUT2D eigenvalue weighted by Crippen LogP contribution is 2.28. The molecule has 0 aliphatic carbocycles. The Bertz CT molecular complexity index is 835. The van der Waals surface area contributed by atoms with Crippen molar-refractivity contribution < 1.29 is 13.9 Å². The van der Waals surface area contributed by atoms with Crippen molar-refractivity contribution in [2.24, 2.45) is 0 Å². The van der Waals surface area contributed by atoms with Crippen molar-refractivity contribution in [3.63, 3.8) is 0 Å². The molecule has 0 aliphatic heterocycles. The number of furan rings is 1. The Kier molecular flexibility index (Phi) is 6.20. The lowest BCUT2D eigenvalue weighted by Crippen LogP contribution is -2.36. The van der Waals surface area contributed by atoms with E-state index in [-0.39, 0.29) is 6.03 Å². The maximum absolute atomic E-state index is 12.9. The topological polar surface area (TPSA) is 54.7 Å². The predicted molar refractivity (Wildman–Crippen MR) is 104 cm³/mol. The van der Waals surface area contributed by atoms with Gasteiger partial charge in [-0.2, -0.15) is 0 Å². The van der Waals surface area contributed by atoms with E-state index in [0.29, 0.717) is 29.5 Å². The molecule has 2 amide bonds. The average Bonchev–Trinajstić information content (AvgIpc) is 3.32. The van der Waals surface area contributed by atoms with Crippen LogP contribution in [0, 0.1) is 0 Å². The number of methoxy groups -OCH3 is 1. The number of thiophene rings is 1. The molecule has 0 bridgehead atoms. The maximum Gasteiger partial charge on any atom is 0.322 e. The van der Waals surface area contributed by atoms with Gasteiger partial charge in [-0.05, 0) is 48.2 Å². The zero-order valence-corrected chi connectivity index (χ0v) is 15.8. The number of benzene rings is 1. The minimum atomic E-state index is -0.237. The number of hydrogen-bond donors (Lipinski definition) is 1. The Morgan fingerprint density at radius 2 is 2.19 bits per heavy atom. The number of carbonyl (C=O) groups is 1. The summed E-state index contributed by atoms with van der Waals surface area (Å²) in [6, 6.07) is 12.6. The van der Waals surface area contributed by atoms with Crippen molar-refractivity contribution in [3.05, 3.63) is 69.8 Å². The largest absolute Gasteiger partial charge is 0.495 e. The number of carbonyl (C=O) groups excluding carboxylic acids is 1. The summed E-state index contributed by atoms with van der Waals surface area (Å²) in [5.74, 6) is 1.28. The molecule has 26 heavy (non-hydrogen) atoms. The van der Waals surface area contributed by atoms with Gasteiger partial charge in [0.15, 0.2) is 0 Å². The van der Waals surface area contributed by atoms with E-state index in [1.165, 1.54) is 4.88 Å². The van der Waals surface area contributed by atoms with E-state index in [1.54, 1.807) is 47.8 Å². The summed E-state index contributed by atoms with van der Waals surface area (Å²) >= 11 is 7.72. The van der Waals surface area contributed by atoms with Crippen molar-refractivity contribution >= 4 is 34.7 Å². The fourth-order valence-electron chi connectivity index (χ4n) is 2.52. The van der Waals surface area contributed by atoms with Gasteiger partial charge in [-0.3, -0.25) is 0 Å². The van der Waals surface area contributed by atoms with Crippen LogP contribution in [0.5, 0.6) is 5.75 Å². The van der Waals surface area contributed by atoms with Crippen LogP contribution in [0.4, 0.5) is 10.5 Å². The summed E-state index contributed by atoms with van der Waals surface area (Å²) in [7, 11) is 1.55. The number of anilines is 1. The number of hydrogen-bond acceptors (Lipinski definition) is 4. The number of halogens is 1. The van der Waals surface area contributed by atoms with Gasteiger partial charge in [-0.25, -0.2) is 4.79 Å². The van der Waals surface area contributed by atoms with Gasteiger partial charge in [0.05, 0.1) is 25.6 Å². The SMILES string of the molecule is COc1ccc(Cl)cc1NC(=O)N(CCc1cccs1)Cc1ccco1. The molecule has 0 radical (unpaired) electrons. The molecule has 0 spiro atoms. The minimum absolute atomic E-state index is 0.237. The summed E-state index contributed by atoms with van der Waals surface area (Å²) in [5.41, 5.74) is 0.533. The Morgan fingerprint density at radius 1 is 1.31 bits per heavy atom. The van der Waals surface area contributed by atoms with Gasteiger partial charge >= 0.3 is 6.03 Å². The monoisotopic (exact) mass is 390 g/mol. The van der Waals surface area contributed by atoms with Gasteiger partial charge in [0.25, 0.3) is 0 Å². The first-order valence-electron chi connectivity index (χ1n) is 8.10. The third kappa shape index (κ3) is 4.80. The Balaban J connectivity index is 1.74. The molecule has 0 atom stereocenters. The summed E-state index contributed by atoms with van der Waals surface area (Å²) in [6.45, 7) is 0.947. The number of amides is 2. The van der Waals surface area contributed by atoms with E-state index < -0.39 is 0 Å². The van der Waals surface area contributed by atoms with Crippen LogP contribution >= 0.6 is 22.9 Å². The van der Waals surface area contributed by atoms with Crippen LogP contribution in [0.1, 0.15) is 10.6 Å². The van der Waals surface area contributed by atoms with Crippen LogP contribution in [0.25, 0.3) is 0 Å². The number of urea groups is 1. The molecule has 2 heterocycles. The standard InChI is InChI=1S/C19H19ClN2O3S/c1-24-18-7-6-14(20)12-17(18)21-19(23)22(13-15-4-2-10-25-15)9-8-16-5-3-11-26-16/h2-7,10-12H,8-9,13H2,1H3,(H,21,23). The molecule has 7 heteroatoms. The highest BCUT2D eigenvalue weighted by molar-refractivity contribution is 7.09. The third-order valence-corrected chi connectivity index (χ3v) is 5.00. The molecule has 3 rings (SSSR count). The summed E-state index contributed by atoms with van der Waals surface area (Å²) in [4.78, 5) is 15.8. The van der Waals surface area contributed by atoms with Crippen molar-refractivity contribution in [1.29, 1.82) is 0 Å². The molecule has 0 saturated heterocycles. The molecule has 1 aromatic carbocycles. The highest BCUT2D eigenvalue weighted by Gasteiger charge is 2.17. The van der Waals surface area contributed by atoms with Gasteiger partial charge in [0.1, 0.15) is 11.5 Å². The fourth-order valence-corrected chi connectivity index (χ4v) is 3.39. The molecule has 3 aromatic rings. The number of ether oxygens (including phenoxy) is 1. The quantitative estimate of drug-likeness (QED) is 0.597. The summed E-state index contributed by atoms with van der Waals surface area (Å²) < 4.78 is 10.7. The first kappa shape index (κ1) is 18.4. The lowest BCUT2D eigenvalue weighted by molar-refractivity contribution is 0.205. The second kappa shape index (κ2) is 8.78. The lowest BCUT2D eigenvalue weighted by atomic mass is 10.3. The zero-order chi connectivity index (χ0) is 18.4. The number of nitrogens with one attached hydrogen (secondary N) is 1. The first-order valence-corrected chi connectivity index (χ1v) is 9.35. The van der Waals surface area contributed by atoms with E-state index in [9.17, 15) is 4.79 Å². The van der Waals surface area contributed by atoms with Gasteiger partial charge in [0.2, 0.25) is 0 Å². The van der Waals surface area contributed by atoms with Crippen molar-refractivity contribution in [3.8, 4) is 5.75 Å². The van der Waals surface area contributed by atoms with Crippen molar-refractivity contribution in [2.75, 3.05) is 19.0 Å². The number of rotatable bonds is 7. The average molecular weight is 391 g/mol. The molecule has 2 aromatic heterocycles. The lowest BCUT2D eigenvalue weighted by Gasteiger charge is -2.22. The van der Waals surface area contributed by atoms with Crippen LogP contribution in [0.15, 0.2) is 58.5 Å². The summed E-state index contributed by atoms with van der Waals surface area (Å²) in [6.07, 6.45) is 2.38. The van der Waals surface area contributed by atoms with Crippen molar-refractivity contribution in [1.82, 2.24) is 4.90 Å². The third-order valence-electron chi connectivity index (χ3n) is 3.83. The molecule has 0 saturated carbocycles. The molecule has 0 unspecified atom stereocenters. The van der Waals surface area contributed by atoms with Gasteiger partial charge in [0, 0.05) is 16.4 Å². The maximum atomic E-state index is 12.9. The van der Waals surface area contributed by atoms with E-state index in [0.717, 1.165) is 12.2 Å². The van der Waals surface area contributed by atoms with E-state index in [1.807, 2.05) is 23.6 Å². The molecule has 136 valence electrons. The van der Waals surface area contributed by atoms with Crippen molar-refractivity contribution in [2.45, 2.75) is 13.0 Å². The van der Waals surface area contributed by atoms with Crippen LogP contribution in [0.3, 0.4) is 0 Å². The molecular weight excluding hydrogens is 372 g/mol. The molecule has 1 N–H and O–H groups in total. The molecule has 0 fully saturated rings. The Labute approximate surface area is 161 Å². The highest BCUT2D eigenvalue weighted by atomic mass is 35.5.